The summed E-state index contributed by atoms with van der Waals surface area (Å²) >= 11 is 0. The van der Waals surface area contributed by atoms with E-state index < -0.39 is 0 Å². The maximum absolute atomic E-state index is 4.42. The average Bonchev–Trinajstić information content (AvgIpc) is 2.59. The molecule has 1 unspecified atom stereocenters. The molecule has 1 aromatic carbocycles. The minimum absolute atomic E-state index is 0.820. The van der Waals surface area contributed by atoms with Crippen LogP contribution in [0.5, 0.6) is 0 Å². The molecule has 0 amide bonds. The van der Waals surface area contributed by atoms with Crippen LogP contribution >= 0.6 is 0 Å². The molecule has 0 bridgehead atoms. The maximum atomic E-state index is 4.42. The van der Waals surface area contributed by atoms with Gasteiger partial charge in [-0.25, -0.2) is 0 Å². The van der Waals surface area contributed by atoms with Gasteiger partial charge in [0.25, 0.3) is 0 Å². The highest BCUT2D eigenvalue weighted by Gasteiger charge is 2.30. The SMILES string of the molecule is C=C(CC1CCCN(C)C1)N1CC(Cc2ccc3c(c2C)CBCC3)C1. The molecule has 0 aliphatic carbocycles. The van der Waals surface area contributed by atoms with Crippen molar-refractivity contribution in [1.29, 1.82) is 0 Å². The summed E-state index contributed by atoms with van der Waals surface area (Å²) in [4.78, 5) is 5.03. The van der Waals surface area contributed by atoms with Gasteiger partial charge < -0.3 is 9.80 Å². The fourth-order valence-corrected chi connectivity index (χ4v) is 5.45. The second-order valence-corrected chi connectivity index (χ2v) is 9.21. The van der Waals surface area contributed by atoms with Crippen LogP contribution in [0.3, 0.4) is 0 Å². The summed E-state index contributed by atoms with van der Waals surface area (Å²) in [7, 11) is 3.64. The zero-order chi connectivity index (χ0) is 18.1. The quantitative estimate of drug-likeness (QED) is 0.749. The van der Waals surface area contributed by atoms with E-state index in [0.717, 1.165) is 11.8 Å². The number of fused-ring (bicyclic) bond motifs is 1. The van der Waals surface area contributed by atoms with Crippen molar-refractivity contribution in [3.05, 3.63) is 46.7 Å². The number of benzene rings is 1. The van der Waals surface area contributed by atoms with Gasteiger partial charge in [-0.15, -0.1) is 0 Å². The first-order valence-corrected chi connectivity index (χ1v) is 10.8. The molecule has 0 spiro atoms. The molecular weight excluding hydrogens is 315 g/mol. The lowest BCUT2D eigenvalue weighted by molar-refractivity contribution is 0.125. The van der Waals surface area contributed by atoms with Gasteiger partial charge in [-0.05, 0) is 86.7 Å². The van der Waals surface area contributed by atoms with Crippen LogP contribution < -0.4 is 0 Å². The summed E-state index contributed by atoms with van der Waals surface area (Å²) in [6.45, 7) is 11.8. The molecule has 0 aromatic heterocycles. The molecule has 3 aliphatic heterocycles. The van der Waals surface area contributed by atoms with E-state index in [2.05, 4.69) is 42.5 Å². The predicted molar refractivity (Wildman–Crippen MR) is 113 cm³/mol. The number of rotatable bonds is 5. The first-order valence-electron chi connectivity index (χ1n) is 10.8. The normalized spacial score (nSPS) is 23.9. The molecule has 3 heterocycles. The van der Waals surface area contributed by atoms with Gasteiger partial charge in [-0.2, -0.15) is 0 Å². The summed E-state index contributed by atoms with van der Waals surface area (Å²) in [6.07, 6.45) is 9.18. The molecule has 2 fully saturated rings. The van der Waals surface area contributed by atoms with Gasteiger partial charge in [0.15, 0.2) is 0 Å². The Morgan fingerprint density at radius 3 is 2.88 bits per heavy atom. The van der Waals surface area contributed by atoms with Gasteiger partial charge in [0.2, 0.25) is 0 Å². The van der Waals surface area contributed by atoms with Crippen molar-refractivity contribution in [1.82, 2.24) is 9.80 Å². The van der Waals surface area contributed by atoms with Crippen LogP contribution in [0.1, 0.15) is 41.5 Å². The first-order chi connectivity index (χ1) is 12.6. The van der Waals surface area contributed by atoms with E-state index in [9.17, 15) is 0 Å². The second kappa shape index (κ2) is 7.80. The maximum Gasteiger partial charge on any atom is 0.126 e. The lowest BCUT2D eigenvalue weighted by Gasteiger charge is -2.44. The Morgan fingerprint density at radius 2 is 2.08 bits per heavy atom. The molecule has 26 heavy (non-hydrogen) atoms. The van der Waals surface area contributed by atoms with Crippen LogP contribution in [0.25, 0.3) is 0 Å². The summed E-state index contributed by atoms with van der Waals surface area (Å²) in [5, 5.41) is 0. The lowest BCUT2D eigenvalue weighted by atomic mass is 9.61. The van der Waals surface area contributed by atoms with Crippen LogP contribution in [0.4, 0.5) is 0 Å². The van der Waals surface area contributed by atoms with Crippen molar-refractivity contribution in [2.24, 2.45) is 11.8 Å². The van der Waals surface area contributed by atoms with E-state index in [4.69, 9.17) is 0 Å². The Bertz CT molecular complexity index is 662. The fraction of sp³-hybridized carbons (Fsp3) is 0.652. The minimum Gasteiger partial charge on any atom is -0.375 e. The number of nitrogens with zero attached hydrogens (tertiary/aromatic N) is 2. The third-order valence-corrected chi connectivity index (χ3v) is 7.09. The Kier molecular flexibility index (Phi) is 5.45. The van der Waals surface area contributed by atoms with E-state index in [1.165, 1.54) is 83.9 Å². The van der Waals surface area contributed by atoms with E-state index in [0.29, 0.717) is 0 Å². The van der Waals surface area contributed by atoms with E-state index in [1.54, 1.807) is 22.3 Å². The van der Waals surface area contributed by atoms with Crippen molar-refractivity contribution >= 4 is 7.28 Å². The summed E-state index contributed by atoms with van der Waals surface area (Å²) in [5.41, 5.74) is 7.90. The van der Waals surface area contributed by atoms with Gasteiger partial charge >= 0.3 is 0 Å². The van der Waals surface area contributed by atoms with Crippen LogP contribution in [0.15, 0.2) is 24.4 Å². The summed E-state index contributed by atoms with van der Waals surface area (Å²) < 4.78 is 0. The van der Waals surface area contributed by atoms with Crippen molar-refractivity contribution in [2.45, 2.75) is 51.7 Å². The predicted octanol–water partition coefficient (Wildman–Crippen LogP) is 3.63. The number of likely N-dealkylation sites (tertiary alicyclic amines) is 2. The molecule has 0 saturated carbocycles. The van der Waals surface area contributed by atoms with Crippen molar-refractivity contribution in [3.63, 3.8) is 0 Å². The Hall–Kier alpha value is -1.22. The highest BCUT2D eigenvalue weighted by atomic mass is 15.2. The molecule has 1 aromatic rings. The monoisotopic (exact) mass is 350 g/mol. The van der Waals surface area contributed by atoms with E-state index in [-0.39, 0.29) is 0 Å². The van der Waals surface area contributed by atoms with E-state index >= 15 is 0 Å². The zero-order valence-corrected chi connectivity index (χ0v) is 16.9. The number of aryl methyl sites for hydroxylation is 1. The second-order valence-electron chi connectivity index (χ2n) is 9.21. The van der Waals surface area contributed by atoms with Gasteiger partial charge in [-0.1, -0.05) is 31.4 Å². The zero-order valence-electron chi connectivity index (χ0n) is 16.9. The first kappa shape index (κ1) is 18.2. The summed E-state index contributed by atoms with van der Waals surface area (Å²) in [5.74, 6) is 1.64. The third-order valence-electron chi connectivity index (χ3n) is 7.09. The molecule has 3 aliphatic rings. The lowest BCUT2D eigenvalue weighted by Crippen LogP contribution is -2.47. The minimum atomic E-state index is 0.820. The number of hydrogen-bond donors (Lipinski definition) is 0. The van der Waals surface area contributed by atoms with Gasteiger partial charge in [-0.3, -0.25) is 0 Å². The van der Waals surface area contributed by atoms with Gasteiger partial charge in [0, 0.05) is 25.3 Å². The number of allylic oxidation sites excluding steroid dienone is 1. The Morgan fingerprint density at radius 1 is 1.23 bits per heavy atom. The molecule has 140 valence electrons. The van der Waals surface area contributed by atoms with Crippen molar-refractivity contribution in [3.8, 4) is 0 Å². The smallest absolute Gasteiger partial charge is 0.126 e. The molecule has 2 saturated heterocycles. The standard InChI is InChI=1S/C23H35BN2/c1-17(11-19-5-4-10-25(3)14-19)26-15-20(16-26)12-22-7-6-21-8-9-24-13-23(21)18(22)2/h6-7,19-20,24H,1,4-5,8-16H2,2-3H3. The fourth-order valence-electron chi connectivity index (χ4n) is 5.45. The largest absolute Gasteiger partial charge is 0.375 e. The molecule has 0 N–H and O–H groups in total. The highest BCUT2D eigenvalue weighted by molar-refractivity contribution is 6.35. The molecule has 0 radical (unpaired) electrons. The van der Waals surface area contributed by atoms with Crippen LogP contribution in [-0.4, -0.2) is 50.3 Å². The molecular formula is C23H35BN2. The van der Waals surface area contributed by atoms with Crippen molar-refractivity contribution < 1.29 is 0 Å². The number of hydrogen-bond acceptors (Lipinski definition) is 2. The topological polar surface area (TPSA) is 6.48 Å². The van der Waals surface area contributed by atoms with Gasteiger partial charge in [0.05, 0.1) is 0 Å². The molecule has 2 nitrogen and oxygen atoms in total. The Labute approximate surface area is 160 Å². The van der Waals surface area contributed by atoms with Crippen molar-refractivity contribution in [2.75, 3.05) is 33.2 Å². The van der Waals surface area contributed by atoms with Crippen LogP contribution in [0.2, 0.25) is 6.32 Å². The third kappa shape index (κ3) is 3.88. The Balaban J connectivity index is 1.28. The highest BCUT2D eigenvalue weighted by Crippen LogP contribution is 2.31. The van der Waals surface area contributed by atoms with Crippen LogP contribution in [-0.2, 0) is 19.2 Å². The number of piperidine rings is 1. The van der Waals surface area contributed by atoms with E-state index in [1.807, 2.05) is 0 Å². The summed E-state index contributed by atoms with van der Waals surface area (Å²) in [6, 6.07) is 4.85. The molecule has 4 rings (SSSR count). The average molecular weight is 350 g/mol. The van der Waals surface area contributed by atoms with Gasteiger partial charge in [0.1, 0.15) is 7.28 Å². The molecule has 3 heteroatoms. The van der Waals surface area contributed by atoms with Crippen LogP contribution in [0, 0.1) is 18.8 Å². The molecule has 1 atom stereocenters.